The number of carbonyl (C=O) groups is 2. The maximum atomic E-state index is 12.0. The van der Waals surface area contributed by atoms with Crippen LogP contribution in [0.1, 0.15) is 23.4 Å². The van der Waals surface area contributed by atoms with Gasteiger partial charge in [-0.1, -0.05) is 12.1 Å². The Labute approximate surface area is 168 Å². The minimum Gasteiger partial charge on any atom is -0.459 e. The fourth-order valence-electron chi connectivity index (χ4n) is 2.21. The number of amides is 2. The van der Waals surface area contributed by atoms with Crippen molar-refractivity contribution < 1.29 is 14.0 Å². The summed E-state index contributed by atoms with van der Waals surface area (Å²) in [7, 11) is 0. The maximum Gasteiger partial charge on any atom is 0.286 e. The Hall–Kier alpha value is -2.20. The van der Waals surface area contributed by atoms with Crippen LogP contribution in [0.2, 0.25) is 0 Å². The Morgan fingerprint density at radius 3 is 2.73 bits per heavy atom. The molecule has 0 aliphatic carbocycles. The van der Waals surface area contributed by atoms with Crippen LogP contribution < -0.4 is 10.6 Å². The van der Waals surface area contributed by atoms with E-state index in [1.54, 1.807) is 12.1 Å². The number of hydrogen-bond acceptors (Lipinski definition) is 5. The van der Waals surface area contributed by atoms with E-state index in [1.807, 2.05) is 29.6 Å². The number of hydrogen-bond donors (Lipinski definition) is 2. The number of benzene rings is 1. The Kier molecular flexibility index (Phi) is 6.40. The van der Waals surface area contributed by atoms with E-state index in [0.717, 1.165) is 14.8 Å². The molecular formula is C18H16IN3O3S. The molecule has 0 aliphatic heterocycles. The van der Waals surface area contributed by atoms with Crippen molar-refractivity contribution in [3.8, 4) is 11.3 Å². The topological polar surface area (TPSA) is 84.2 Å². The Balaban J connectivity index is 1.42. The standard InChI is InChI=1S/C18H16IN3O3S/c19-13-7-5-12(6-8-13)14-11-26-18(21-14)22-16(23)4-1-9-20-17(24)15-3-2-10-25-15/h2-3,5-8,10-11H,1,4,9H2,(H,20,24)(H,21,22,23). The second-order valence-corrected chi connectivity index (χ2v) is 7.53. The van der Waals surface area contributed by atoms with Gasteiger partial charge in [-0.15, -0.1) is 11.3 Å². The van der Waals surface area contributed by atoms with Crippen LogP contribution in [0.5, 0.6) is 0 Å². The smallest absolute Gasteiger partial charge is 0.286 e. The fraction of sp³-hybridized carbons (Fsp3) is 0.167. The van der Waals surface area contributed by atoms with Gasteiger partial charge in [-0.25, -0.2) is 4.98 Å². The van der Waals surface area contributed by atoms with E-state index in [0.29, 0.717) is 24.5 Å². The fourth-order valence-corrected chi connectivity index (χ4v) is 3.31. The zero-order valence-electron chi connectivity index (χ0n) is 13.7. The molecule has 3 rings (SSSR count). The van der Waals surface area contributed by atoms with Crippen LogP contribution in [0.15, 0.2) is 52.5 Å². The van der Waals surface area contributed by atoms with E-state index in [4.69, 9.17) is 4.42 Å². The van der Waals surface area contributed by atoms with Gasteiger partial charge in [0.25, 0.3) is 5.91 Å². The minimum absolute atomic E-state index is 0.124. The summed E-state index contributed by atoms with van der Waals surface area (Å²) in [6, 6.07) is 11.3. The number of nitrogens with zero attached hydrogens (tertiary/aromatic N) is 1. The molecule has 0 saturated carbocycles. The second-order valence-electron chi connectivity index (χ2n) is 5.43. The molecule has 2 N–H and O–H groups in total. The molecule has 1 aromatic carbocycles. The summed E-state index contributed by atoms with van der Waals surface area (Å²) in [5, 5.41) is 7.99. The Morgan fingerprint density at radius 1 is 1.19 bits per heavy atom. The summed E-state index contributed by atoms with van der Waals surface area (Å²) in [6.45, 7) is 0.402. The highest BCUT2D eigenvalue weighted by Crippen LogP contribution is 2.25. The highest BCUT2D eigenvalue weighted by atomic mass is 127. The van der Waals surface area contributed by atoms with Crippen molar-refractivity contribution in [3.63, 3.8) is 0 Å². The number of thiazole rings is 1. The third-order valence-corrected chi connectivity index (χ3v) is 4.98. The molecule has 2 aromatic heterocycles. The van der Waals surface area contributed by atoms with Crippen LogP contribution in [0.25, 0.3) is 11.3 Å². The SMILES string of the molecule is O=C(CCCNC(=O)c1ccco1)Nc1nc(-c2ccc(I)cc2)cs1. The van der Waals surface area contributed by atoms with Gasteiger partial charge in [0, 0.05) is 27.5 Å². The van der Waals surface area contributed by atoms with Gasteiger partial charge in [0.05, 0.1) is 12.0 Å². The van der Waals surface area contributed by atoms with Gasteiger partial charge in [-0.3, -0.25) is 9.59 Å². The number of rotatable bonds is 7. The number of nitrogens with one attached hydrogen (secondary N) is 2. The van der Waals surface area contributed by atoms with Gasteiger partial charge in [0.15, 0.2) is 10.9 Å². The lowest BCUT2D eigenvalue weighted by atomic mass is 10.2. The van der Waals surface area contributed by atoms with Crippen molar-refractivity contribution in [2.24, 2.45) is 0 Å². The lowest BCUT2D eigenvalue weighted by Gasteiger charge is -2.03. The first-order valence-corrected chi connectivity index (χ1v) is 9.90. The average Bonchev–Trinajstić information content (AvgIpc) is 3.31. The maximum absolute atomic E-state index is 12.0. The molecule has 134 valence electrons. The normalized spacial score (nSPS) is 10.5. The molecule has 0 spiro atoms. The molecule has 8 heteroatoms. The molecule has 0 bridgehead atoms. The Morgan fingerprint density at radius 2 is 2.00 bits per heavy atom. The molecule has 26 heavy (non-hydrogen) atoms. The predicted molar refractivity (Wildman–Crippen MR) is 109 cm³/mol. The Bertz CT molecular complexity index is 875. The van der Waals surface area contributed by atoms with Crippen molar-refractivity contribution in [1.29, 1.82) is 0 Å². The quantitative estimate of drug-likeness (QED) is 0.392. The van der Waals surface area contributed by atoms with E-state index in [-0.39, 0.29) is 17.6 Å². The van der Waals surface area contributed by atoms with Crippen LogP contribution in [0, 0.1) is 3.57 Å². The summed E-state index contributed by atoms with van der Waals surface area (Å²) >= 11 is 3.65. The monoisotopic (exact) mass is 481 g/mol. The van der Waals surface area contributed by atoms with Crippen molar-refractivity contribution in [2.75, 3.05) is 11.9 Å². The van der Waals surface area contributed by atoms with Gasteiger partial charge in [-0.2, -0.15) is 0 Å². The first kappa shape index (κ1) is 18.6. The summed E-state index contributed by atoms with van der Waals surface area (Å²) < 4.78 is 6.16. The molecule has 0 fully saturated rings. The third-order valence-electron chi connectivity index (χ3n) is 3.50. The van der Waals surface area contributed by atoms with E-state index in [2.05, 4.69) is 38.2 Å². The largest absolute Gasteiger partial charge is 0.459 e. The second kappa shape index (κ2) is 8.95. The van der Waals surface area contributed by atoms with E-state index < -0.39 is 0 Å². The molecule has 0 unspecified atom stereocenters. The molecule has 0 saturated heterocycles. The number of halogens is 1. The van der Waals surface area contributed by atoms with Crippen LogP contribution >= 0.6 is 33.9 Å². The molecule has 6 nitrogen and oxygen atoms in total. The van der Waals surface area contributed by atoms with Gasteiger partial charge in [-0.05, 0) is 53.3 Å². The summed E-state index contributed by atoms with van der Waals surface area (Å²) in [5.41, 5.74) is 1.86. The molecule has 0 radical (unpaired) electrons. The van der Waals surface area contributed by atoms with Gasteiger partial charge < -0.3 is 15.1 Å². The zero-order valence-corrected chi connectivity index (χ0v) is 16.7. The van der Waals surface area contributed by atoms with Crippen molar-refractivity contribution >= 4 is 50.9 Å². The highest BCUT2D eigenvalue weighted by Gasteiger charge is 2.10. The minimum atomic E-state index is -0.280. The summed E-state index contributed by atoms with van der Waals surface area (Å²) in [6.07, 6.45) is 2.28. The molecule has 2 amide bonds. The molecule has 2 heterocycles. The summed E-state index contributed by atoms with van der Waals surface area (Å²) in [5.74, 6) is -0.140. The molecular weight excluding hydrogens is 465 g/mol. The third kappa shape index (κ3) is 5.15. The summed E-state index contributed by atoms with van der Waals surface area (Å²) in [4.78, 5) is 28.1. The first-order chi connectivity index (χ1) is 12.6. The van der Waals surface area contributed by atoms with Crippen LogP contribution in [0.3, 0.4) is 0 Å². The van der Waals surface area contributed by atoms with Crippen LogP contribution in [-0.4, -0.2) is 23.3 Å². The van der Waals surface area contributed by atoms with Gasteiger partial charge in [0.1, 0.15) is 0 Å². The number of carbonyl (C=O) groups excluding carboxylic acids is 2. The van der Waals surface area contributed by atoms with E-state index >= 15 is 0 Å². The zero-order chi connectivity index (χ0) is 18.4. The molecule has 3 aromatic rings. The predicted octanol–water partition coefficient (Wildman–Crippen LogP) is 4.16. The molecule has 0 aliphatic rings. The highest BCUT2D eigenvalue weighted by molar-refractivity contribution is 14.1. The molecule has 0 atom stereocenters. The van der Waals surface area contributed by atoms with E-state index in [9.17, 15) is 9.59 Å². The lowest BCUT2D eigenvalue weighted by molar-refractivity contribution is -0.116. The van der Waals surface area contributed by atoms with Crippen molar-refractivity contribution in [2.45, 2.75) is 12.8 Å². The van der Waals surface area contributed by atoms with Crippen LogP contribution in [0.4, 0.5) is 5.13 Å². The number of furan rings is 1. The first-order valence-electron chi connectivity index (χ1n) is 7.95. The van der Waals surface area contributed by atoms with Crippen molar-refractivity contribution in [1.82, 2.24) is 10.3 Å². The number of anilines is 1. The average molecular weight is 481 g/mol. The van der Waals surface area contributed by atoms with Gasteiger partial charge in [0.2, 0.25) is 5.91 Å². The lowest BCUT2D eigenvalue weighted by Crippen LogP contribution is -2.25. The van der Waals surface area contributed by atoms with E-state index in [1.165, 1.54) is 17.6 Å². The number of aromatic nitrogens is 1. The van der Waals surface area contributed by atoms with Crippen LogP contribution in [-0.2, 0) is 4.79 Å². The van der Waals surface area contributed by atoms with Crippen molar-refractivity contribution in [3.05, 3.63) is 57.4 Å². The van der Waals surface area contributed by atoms with Gasteiger partial charge >= 0.3 is 0 Å².